The molecule has 154 valence electrons. The molecule has 0 aliphatic carbocycles. The van der Waals surface area contributed by atoms with Crippen LogP contribution in [0.3, 0.4) is 0 Å². The lowest BCUT2D eigenvalue weighted by atomic mass is 10.1. The zero-order valence-electron chi connectivity index (χ0n) is 16.2. The van der Waals surface area contributed by atoms with Crippen LogP contribution in [-0.2, 0) is 16.1 Å². The van der Waals surface area contributed by atoms with Gasteiger partial charge in [-0.05, 0) is 36.8 Å². The molecule has 0 radical (unpaired) electrons. The summed E-state index contributed by atoms with van der Waals surface area (Å²) >= 11 is 0. The van der Waals surface area contributed by atoms with E-state index in [1.54, 1.807) is 18.2 Å². The number of para-hydroxylation sites is 1. The molecule has 3 aromatic rings. The van der Waals surface area contributed by atoms with E-state index in [-0.39, 0.29) is 5.91 Å². The number of aromatic nitrogens is 2. The average Bonchev–Trinajstić information content (AvgIpc) is 2.68. The zero-order valence-corrected chi connectivity index (χ0v) is 16.2. The van der Waals surface area contributed by atoms with E-state index in [4.69, 9.17) is 0 Å². The zero-order chi connectivity index (χ0) is 21.8. The smallest absolute Gasteiger partial charge is 0.267 e. The van der Waals surface area contributed by atoms with E-state index in [0.717, 1.165) is 22.4 Å². The van der Waals surface area contributed by atoms with Crippen LogP contribution in [0.15, 0.2) is 53.3 Å². The van der Waals surface area contributed by atoms with Gasteiger partial charge in [0, 0.05) is 24.2 Å². The van der Waals surface area contributed by atoms with Gasteiger partial charge in [-0.15, -0.1) is 0 Å². The minimum Gasteiger partial charge on any atom is -0.326 e. The number of hydrogen-bond donors (Lipinski definition) is 2. The summed E-state index contributed by atoms with van der Waals surface area (Å²) in [5, 5.41) is 8.99. The Morgan fingerprint density at radius 2 is 1.73 bits per heavy atom. The summed E-state index contributed by atoms with van der Waals surface area (Å²) in [6.07, 6.45) is 0. The highest BCUT2D eigenvalue weighted by molar-refractivity contribution is 5.91. The normalized spacial score (nSPS) is 10.5. The highest BCUT2D eigenvalue weighted by Gasteiger charge is 2.14. The Hall–Kier alpha value is -3.88. The van der Waals surface area contributed by atoms with Crippen molar-refractivity contribution < 1.29 is 18.4 Å². The van der Waals surface area contributed by atoms with Crippen LogP contribution < -0.4 is 16.2 Å². The predicted octanol–water partition coefficient (Wildman–Crippen LogP) is 3.09. The van der Waals surface area contributed by atoms with E-state index in [2.05, 4.69) is 15.7 Å². The number of halogens is 2. The SMILES string of the molecule is CC(=O)Nc1cc(-c2ccc(=O)n(CC(=O)Nc3c(F)cccc3F)n2)ccc1C. The number of rotatable bonds is 5. The highest BCUT2D eigenvalue weighted by Crippen LogP contribution is 2.23. The third-order valence-corrected chi connectivity index (χ3v) is 4.23. The van der Waals surface area contributed by atoms with E-state index in [1.807, 2.05) is 6.92 Å². The summed E-state index contributed by atoms with van der Waals surface area (Å²) in [5.41, 5.74) is 1.27. The molecule has 0 bridgehead atoms. The van der Waals surface area contributed by atoms with Gasteiger partial charge in [-0.3, -0.25) is 14.4 Å². The molecule has 1 heterocycles. The molecule has 3 rings (SSSR count). The molecule has 0 fully saturated rings. The number of carbonyl (C=O) groups is 2. The number of anilines is 2. The summed E-state index contributed by atoms with van der Waals surface area (Å²) in [4.78, 5) is 35.7. The van der Waals surface area contributed by atoms with E-state index < -0.39 is 35.3 Å². The minimum absolute atomic E-state index is 0.231. The molecule has 0 unspecified atom stereocenters. The Morgan fingerprint density at radius 3 is 2.40 bits per heavy atom. The molecule has 0 atom stereocenters. The molecule has 0 saturated heterocycles. The Kier molecular flexibility index (Phi) is 6.01. The molecular formula is C21H18F2N4O3. The molecule has 0 aliphatic rings. The van der Waals surface area contributed by atoms with Gasteiger partial charge in [-0.25, -0.2) is 13.5 Å². The van der Waals surface area contributed by atoms with Crippen molar-refractivity contribution in [2.45, 2.75) is 20.4 Å². The molecule has 9 heteroatoms. The summed E-state index contributed by atoms with van der Waals surface area (Å²) in [7, 11) is 0. The van der Waals surface area contributed by atoms with Gasteiger partial charge in [0.1, 0.15) is 23.9 Å². The largest absolute Gasteiger partial charge is 0.326 e. The fraction of sp³-hybridized carbons (Fsp3) is 0.143. The molecule has 7 nitrogen and oxygen atoms in total. The predicted molar refractivity (Wildman–Crippen MR) is 108 cm³/mol. The third kappa shape index (κ3) is 4.75. The molecule has 30 heavy (non-hydrogen) atoms. The van der Waals surface area contributed by atoms with Gasteiger partial charge in [-0.2, -0.15) is 5.10 Å². The first-order chi connectivity index (χ1) is 14.2. The fourth-order valence-corrected chi connectivity index (χ4v) is 2.75. The van der Waals surface area contributed by atoms with Gasteiger partial charge >= 0.3 is 0 Å². The number of carbonyl (C=O) groups excluding carboxylic acids is 2. The van der Waals surface area contributed by atoms with Gasteiger partial charge in [0.05, 0.1) is 5.69 Å². The molecular weight excluding hydrogens is 394 g/mol. The van der Waals surface area contributed by atoms with E-state index >= 15 is 0 Å². The average molecular weight is 412 g/mol. The maximum absolute atomic E-state index is 13.7. The van der Waals surface area contributed by atoms with Crippen LogP contribution in [0.25, 0.3) is 11.3 Å². The molecule has 2 aromatic carbocycles. The Balaban J connectivity index is 1.86. The first-order valence-corrected chi connectivity index (χ1v) is 8.95. The maximum atomic E-state index is 13.7. The van der Waals surface area contributed by atoms with Crippen molar-refractivity contribution in [1.82, 2.24) is 9.78 Å². The molecule has 2 amide bonds. The number of nitrogens with zero attached hydrogens (tertiary/aromatic N) is 2. The van der Waals surface area contributed by atoms with Crippen molar-refractivity contribution in [3.05, 3.63) is 76.1 Å². The lowest BCUT2D eigenvalue weighted by molar-refractivity contribution is -0.117. The fourth-order valence-electron chi connectivity index (χ4n) is 2.75. The third-order valence-electron chi connectivity index (χ3n) is 4.23. The number of hydrogen-bond acceptors (Lipinski definition) is 4. The van der Waals surface area contributed by atoms with Gasteiger partial charge < -0.3 is 10.6 Å². The molecule has 0 aliphatic heterocycles. The number of nitrogens with one attached hydrogen (secondary N) is 2. The van der Waals surface area contributed by atoms with Crippen LogP contribution in [-0.4, -0.2) is 21.6 Å². The molecule has 0 spiro atoms. The second kappa shape index (κ2) is 8.64. The minimum atomic E-state index is -0.928. The Bertz CT molecular complexity index is 1170. The van der Waals surface area contributed by atoms with Gasteiger partial charge in [0.15, 0.2) is 0 Å². The molecule has 2 N–H and O–H groups in total. The van der Waals surface area contributed by atoms with Gasteiger partial charge in [0.25, 0.3) is 5.56 Å². The molecule has 0 saturated carbocycles. The highest BCUT2D eigenvalue weighted by atomic mass is 19.1. The van der Waals surface area contributed by atoms with Crippen LogP contribution in [0.1, 0.15) is 12.5 Å². The van der Waals surface area contributed by atoms with E-state index in [1.165, 1.54) is 25.1 Å². The summed E-state index contributed by atoms with van der Waals surface area (Å²) in [5.74, 6) is -2.90. The van der Waals surface area contributed by atoms with Crippen LogP contribution in [0.5, 0.6) is 0 Å². The van der Waals surface area contributed by atoms with Crippen molar-refractivity contribution in [3.8, 4) is 11.3 Å². The van der Waals surface area contributed by atoms with Crippen molar-refractivity contribution >= 4 is 23.2 Å². The van der Waals surface area contributed by atoms with E-state index in [9.17, 15) is 23.2 Å². The van der Waals surface area contributed by atoms with Crippen molar-refractivity contribution in [2.24, 2.45) is 0 Å². The van der Waals surface area contributed by atoms with Crippen LogP contribution in [0, 0.1) is 18.6 Å². The Labute approximate surface area is 170 Å². The lowest BCUT2D eigenvalue weighted by Crippen LogP contribution is -2.29. The number of aryl methyl sites for hydroxylation is 1. The second-order valence-electron chi connectivity index (χ2n) is 6.57. The standard InChI is InChI=1S/C21H18F2N4O3/c1-12-6-7-14(10-18(12)24-13(2)28)17-8-9-20(30)27(26-17)11-19(29)25-21-15(22)4-3-5-16(21)23/h3-10H,11H2,1-2H3,(H,24,28)(H,25,29). The van der Waals surface area contributed by atoms with Crippen molar-refractivity contribution in [1.29, 1.82) is 0 Å². The Morgan fingerprint density at radius 1 is 1.03 bits per heavy atom. The van der Waals surface area contributed by atoms with Gasteiger partial charge in [-0.1, -0.05) is 18.2 Å². The monoisotopic (exact) mass is 412 g/mol. The van der Waals surface area contributed by atoms with E-state index in [0.29, 0.717) is 16.9 Å². The van der Waals surface area contributed by atoms with Crippen LogP contribution in [0.4, 0.5) is 20.2 Å². The number of benzene rings is 2. The number of amides is 2. The maximum Gasteiger partial charge on any atom is 0.267 e. The van der Waals surface area contributed by atoms with Crippen LogP contribution in [0.2, 0.25) is 0 Å². The van der Waals surface area contributed by atoms with Crippen molar-refractivity contribution in [2.75, 3.05) is 10.6 Å². The second-order valence-corrected chi connectivity index (χ2v) is 6.57. The first kappa shape index (κ1) is 20.8. The lowest BCUT2D eigenvalue weighted by Gasteiger charge is -2.11. The quantitative estimate of drug-likeness (QED) is 0.674. The summed E-state index contributed by atoms with van der Waals surface area (Å²) < 4.78 is 28.3. The topological polar surface area (TPSA) is 93.1 Å². The van der Waals surface area contributed by atoms with Gasteiger partial charge in [0.2, 0.25) is 11.8 Å². The van der Waals surface area contributed by atoms with Crippen molar-refractivity contribution in [3.63, 3.8) is 0 Å². The summed E-state index contributed by atoms with van der Waals surface area (Å²) in [6.45, 7) is 2.68. The molecule has 1 aromatic heterocycles. The first-order valence-electron chi connectivity index (χ1n) is 8.95. The van der Waals surface area contributed by atoms with Crippen LogP contribution >= 0.6 is 0 Å². The summed E-state index contributed by atoms with van der Waals surface area (Å²) in [6, 6.07) is 11.1.